The molecule has 0 saturated carbocycles. The van der Waals surface area contributed by atoms with E-state index in [2.05, 4.69) is 66.8 Å². The predicted molar refractivity (Wildman–Crippen MR) is 85.4 cm³/mol. The third-order valence-electron chi connectivity index (χ3n) is 4.12. The van der Waals surface area contributed by atoms with Gasteiger partial charge in [0.1, 0.15) is 6.10 Å². The van der Waals surface area contributed by atoms with Crippen molar-refractivity contribution in [3.63, 3.8) is 0 Å². The van der Waals surface area contributed by atoms with Gasteiger partial charge in [-0.2, -0.15) is 0 Å². The first kappa shape index (κ1) is 14.3. The number of hydrogen-bond donors (Lipinski definition) is 0. The second-order valence-electron chi connectivity index (χ2n) is 5.65. The van der Waals surface area contributed by atoms with Crippen LogP contribution in [0.2, 0.25) is 0 Å². The molecule has 2 nitrogen and oxygen atoms in total. The average Bonchev–Trinajstić information content (AvgIpc) is 2.55. The number of aryl methyl sites for hydroxylation is 1. The lowest BCUT2D eigenvalue weighted by molar-refractivity contribution is -0.00875. The van der Waals surface area contributed by atoms with Crippen LogP contribution >= 0.6 is 0 Å². The Balaban J connectivity index is 1.89. The lowest BCUT2D eigenvalue weighted by atomic mass is 9.96. The quantitative estimate of drug-likeness (QED) is 0.834. The van der Waals surface area contributed by atoms with Crippen molar-refractivity contribution in [1.82, 2.24) is 5.32 Å². The van der Waals surface area contributed by atoms with Gasteiger partial charge in [-0.25, -0.2) is 5.32 Å². The molecule has 1 atom stereocenters. The lowest BCUT2D eigenvalue weighted by Gasteiger charge is -2.29. The summed E-state index contributed by atoms with van der Waals surface area (Å²) in [6, 6.07) is 19.1. The summed E-state index contributed by atoms with van der Waals surface area (Å²) >= 11 is 0. The molecule has 0 N–H and O–H groups in total. The van der Waals surface area contributed by atoms with E-state index in [1.807, 2.05) is 0 Å². The van der Waals surface area contributed by atoms with Crippen molar-refractivity contribution in [2.45, 2.75) is 32.0 Å². The van der Waals surface area contributed by atoms with Crippen molar-refractivity contribution < 1.29 is 4.74 Å². The van der Waals surface area contributed by atoms with E-state index < -0.39 is 0 Å². The average molecular weight is 280 g/mol. The molecule has 0 bridgehead atoms. The van der Waals surface area contributed by atoms with E-state index in [9.17, 15) is 0 Å². The van der Waals surface area contributed by atoms with Crippen LogP contribution < -0.4 is 5.32 Å². The van der Waals surface area contributed by atoms with Crippen LogP contribution in [0.15, 0.2) is 54.6 Å². The highest BCUT2D eigenvalue weighted by atomic mass is 16.5. The smallest absolute Gasteiger partial charge is 0.108 e. The largest absolute Gasteiger partial charge is 0.365 e. The fraction of sp³-hybridized carbons (Fsp3) is 0.368. The number of piperidine rings is 1. The SMILES string of the molecule is Cc1ccccc1C(OC1CC[N]CC1)c1ccccc1. The standard InChI is InChI=1S/C19H22NO/c1-15-7-5-6-10-18(15)19(16-8-3-2-4-9-16)21-17-11-13-20-14-12-17/h2-10,17,19H,11-14H2,1H3. The van der Waals surface area contributed by atoms with Crippen LogP contribution in [-0.4, -0.2) is 19.2 Å². The normalized spacial score (nSPS) is 17.6. The van der Waals surface area contributed by atoms with Crippen LogP contribution in [0.1, 0.15) is 35.6 Å². The highest BCUT2D eigenvalue weighted by Gasteiger charge is 2.23. The predicted octanol–water partition coefficient (Wildman–Crippen LogP) is 3.87. The number of nitrogens with zero attached hydrogens (tertiary/aromatic N) is 1. The molecule has 1 unspecified atom stereocenters. The minimum atomic E-state index is 0.0236. The molecule has 2 aromatic rings. The van der Waals surface area contributed by atoms with Gasteiger partial charge in [0, 0.05) is 13.1 Å². The van der Waals surface area contributed by atoms with Crippen molar-refractivity contribution in [3.05, 3.63) is 71.3 Å². The lowest BCUT2D eigenvalue weighted by Crippen LogP contribution is -2.29. The monoisotopic (exact) mass is 280 g/mol. The summed E-state index contributed by atoms with van der Waals surface area (Å²) in [5.41, 5.74) is 3.78. The van der Waals surface area contributed by atoms with Gasteiger partial charge in [-0.05, 0) is 36.5 Å². The molecular formula is C19H22NO. The molecule has 1 saturated heterocycles. The molecule has 1 fully saturated rings. The molecule has 2 heteroatoms. The van der Waals surface area contributed by atoms with Gasteiger partial charge in [0.2, 0.25) is 0 Å². The first-order chi connectivity index (χ1) is 10.3. The minimum absolute atomic E-state index is 0.0236. The molecule has 0 amide bonds. The summed E-state index contributed by atoms with van der Waals surface area (Å²) < 4.78 is 6.48. The molecular weight excluding hydrogens is 258 g/mol. The molecule has 1 radical (unpaired) electrons. The Bertz CT molecular complexity index is 561. The maximum atomic E-state index is 6.48. The number of ether oxygens (including phenoxy) is 1. The molecule has 2 aromatic carbocycles. The van der Waals surface area contributed by atoms with Gasteiger partial charge in [0.25, 0.3) is 0 Å². The third kappa shape index (κ3) is 3.52. The van der Waals surface area contributed by atoms with Crippen LogP contribution in [0.4, 0.5) is 0 Å². The number of rotatable bonds is 4. The number of hydrogen-bond acceptors (Lipinski definition) is 1. The Labute approximate surface area is 127 Å². The van der Waals surface area contributed by atoms with Crippen molar-refractivity contribution in [2.75, 3.05) is 13.1 Å². The van der Waals surface area contributed by atoms with E-state index in [0.29, 0.717) is 6.10 Å². The van der Waals surface area contributed by atoms with Crippen molar-refractivity contribution in [2.24, 2.45) is 0 Å². The fourth-order valence-corrected chi connectivity index (χ4v) is 2.90. The van der Waals surface area contributed by atoms with Crippen LogP contribution in [0.3, 0.4) is 0 Å². The first-order valence-corrected chi connectivity index (χ1v) is 7.74. The molecule has 1 aliphatic heterocycles. The highest BCUT2D eigenvalue weighted by Crippen LogP contribution is 2.31. The molecule has 0 aromatic heterocycles. The molecule has 0 spiro atoms. The molecule has 0 aliphatic carbocycles. The van der Waals surface area contributed by atoms with Crippen LogP contribution in [0.5, 0.6) is 0 Å². The number of benzene rings is 2. The van der Waals surface area contributed by atoms with Crippen LogP contribution in [-0.2, 0) is 4.74 Å². The summed E-state index contributed by atoms with van der Waals surface area (Å²) in [5, 5.41) is 4.42. The van der Waals surface area contributed by atoms with E-state index in [1.165, 1.54) is 16.7 Å². The summed E-state index contributed by atoms with van der Waals surface area (Å²) in [6.45, 7) is 4.02. The Morgan fingerprint density at radius 1 is 0.952 bits per heavy atom. The van der Waals surface area contributed by atoms with E-state index in [1.54, 1.807) is 0 Å². The first-order valence-electron chi connectivity index (χ1n) is 7.74. The van der Waals surface area contributed by atoms with E-state index in [0.717, 1.165) is 25.9 Å². The van der Waals surface area contributed by atoms with Gasteiger partial charge in [-0.15, -0.1) is 0 Å². The van der Waals surface area contributed by atoms with E-state index in [4.69, 9.17) is 4.74 Å². The molecule has 21 heavy (non-hydrogen) atoms. The molecule has 3 rings (SSSR count). The van der Waals surface area contributed by atoms with Gasteiger partial charge >= 0.3 is 0 Å². The van der Waals surface area contributed by atoms with Gasteiger partial charge in [-0.1, -0.05) is 54.6 Å². The fourth-order valence-electron chi connectivity index (χ4n) is 2.90. The van der Waals surface area contributed by atoms with Crippen molar-refractivity contribution >= 4 is 0 Å². The summed E-state index contributed by atoms with van der Waals surface area (Å²) in [7, 11) is 0. The summed E-state index contributed by atoms with van der Waals surface area (Å²) in [6.07, 6.45) is 2.41. The Morgan fingerprint density at radius 3 is 2.33 bits per heavy atom. The maximum Gasteiger partial charge on any atom is 0.108 e. The minimum Gasteiger partial charge on any atom is -0.365 e. The zero-order valence-corrected chi connectivity index (χ0v) is 12.5. The van der Waals surface area contributed by atoms with Crippen molar-refractivity contribution in [3.8, 4) is 0 Å². The topological polar surface area (TPSA) is 23.3 Å². The molecule has 1 heterocycles. The maximum absolute atomic E-state index is 6.48. The second-order valence-corrected chi connectivity index (χ2v) is 5.65. The van der Waals surface area contributed by atoms with Crippen LogP contribution in [0.25, 0.3) is 0 Å². The van der Waals surface area contributed by atoms with Gasteiger partial charge in [-0.3, -0.25) is 0 Å². The van der Waals surface area contributed by atoms with Gasteiger partial charge in [0.05, 0.1) is 6.10 Å². The zero-order valence-electron chi connectivity index (χ0n) is 12.5. The summed E-state index contributed by atoms with van der Waals surface area (Å²) in [5.74, 6) is 0. The molecule has 109 valence electrons. The highest BCUT2D eigenvalue weighted by molar-refractivity contribution is 5.35. The van der Waals surface area contributed by atoms with Gasteiger partial charge in [0.15, 0.2) is 0 Å². The molecule has 1 aliphatic rings. The van der Waals surface area contributed by atoms with Gasteiger partial charge < -0.3 is 4.74 Å². The van der Waals surface area contributed by atoms with E-state index in [-0.39, 0.29) is 6.10 Å². The summed E-state index contributed by atoms with van der Waals surface area (Å²) in [4.78, 5) is 0. The van der Waals surface area contributed by atoms with Crippen molar-refractivity contribution in [1.29, 1.82) is 0 Å². The Hall–Kier alpha value is -1.64. The second kappa shape index (κ2) is 6.88. The van der Waals surface area contributed by atoms with Crippen LogP contribution in [0, 0.1) is 6.92 Å². The Kier molecular flexibility index (Phi) is 4.69. The van der Waals surface area contributed by atoms with E-state index >= 15 is 0 Å². The third-order valence-corrected chi connectivity index (χ3v) is 4.12. The zero-order chi connectivity index (χ0) is 14.5. The Morgan fingerprint density at radius 2 is 1.62 bits per heavy atom.